The van der Waals surface area contributed by atoms with E-state index >= 15 is 0 Å². The first kappa shape index (κ1) is 8.56. The van der Waals surface area contributed by atoms with Crippen molar-refractivity contribution in [3.63, 3.8) is 0 Å². The number of nitrogens with zero attached hydrogens (tertiary/aromatic N) is 2. The van der Waals surface area contributed by atoms with Gasteiger partial charge in [-0.3, -0.25) is 0 Å². The first-order valence-corrected chi connectivity index (χ1v) is 4.32. The molecule has 2 aromatic rings. The van der Waals surface area contributed by atoms with Crippen LogP contribution in [-0.4, -0.2) is 9.94 Å². The molecule has 2 rings (SSSR count). The molecular formula is C11H10N2O. The molecule has 0 saturated heterocycles. The van der Waals surface area contributed by atoms with Crippen LogP contribution < -0.4 is 5.36 Å². The second-order valence-corrected chi connectivity index (χ2v) is 2.88. The summed E-state index contributed by atoms with van der Waals surface area (Å²) in [7, 11) is 0. The molecule has 0 unspecified atom stereocenters. The average molecular weight is 186 g/mol. The molecule has 0 spiro atoms. The molecule has 3 heteroatoms. The molecule has 0 fully saturated rings. The molecule has 1 aromatic heterocycles. The van der Waals surface area contributed by atoms with Crippen molar-refractivity contribution in [3.05, 3.63) is 60.2 Å². The number of hydrogen-bond acceptors (Lipinski definition) is 2. The summed E-state index contributed by atoms with van der Waals surface area (Å²) in [5, 5.41) is 9.82. The number of hydrogen-bond donors (Lipinski definition) is 1. The predicted molar refractivity (Wildman–Crippen MR) is 53.3 cm³/mol. The number of rotatable bonds is 1. The van der Waals surface area contributed by atoms with E-state index < -0.39 is 0 Å². The maximum atomic E-state index is 9.00. The molecule has 0 saturated carbocycles. The summed E-state index contributed by atoms with van der Waals surface area (Å²) in [6, 6.07) is 13.2. The van der Waals surface area contributed by atoms with E-state index in [9.17, 15) is 0 Å². The van der Waals surface area contributed by atoms with Gasteiger partial charge in [-0.05, 0) is 24.3 Å². The highest BCUT2D eigenvalue weighted by molar-refractivity contribution is 5.35. The van der Waals surface area contributed by atoms with Crippen molar-refractivity contribution in [2.75, 3.05) is 0 Å². The molecule has 3 nitrogen and oxygen atoms in total. The smallest absolute Gasteiger partial charge is 0.0668 e. The Morgan fingerprint density at radius 2 is 1.57 bits per heavy atom. The lowest BCUT2D eigenvalue weighted by molar-refractivity contribution is 0.184. The van der Waals surface area contributed by atoms with E-state index in [1.54, 1.807) is 24.5 Å². The molecule has 1 N–H and O–H groups in total. The third-order valence-electron chi connectivity index (χ3n) is 1.81. The van der Waals surface area contributed by atoms with Gasteiger partial charge in [0.15, 0.2) is 0 Å². The van der Waals surface area contributed by atoms with Crippen LogP contribution in [-0.2, 0) is 0 Å². The van der Waals surface area contributed by atoms with Crippen LogP contribution in [0, 0.1) is 0 Å². The van der Waals surface area contributed by atoms with Gasteiger partial charge in [0, 0.05) is 12.4 Å². The highest BCUT2D eigenvalue weighted by Crippen LogP contribution is 2.07. The zero-order valence-electron chi connectivity index (χ0n) is 7.54. The van der Waals surface area contributed by atoms with E-state index in [0.717, 1.165) is 15.8 Å². The number of para-hydroxylation sites is 1. The minimum absolute atomic E-state index is 0.821. The molecule has 70 valence electrons. The van der Waals surface area contributed by atoms with Crippen molar-refractivity contribution in [3.8, 4) is 0 Å². The number of benzene rings is 1. The van der Waals surface area contributed by atoms with Crippen molar-refractivity contribution in [2.24, 2.45) is 4.99 Å². The van der Waals surface area contributed by atoms with Crippen LogP contribution in [0.4, 0.5) is 5.69 Å². The topological polar surface area (TPSA) is 37.5 Å². The van der Waals surface area contributed by atoms with Gasteiger partial charge in [-0.25, -0.2) is 9.72 Å². The highest BCUT2D eigenvalue weighted by Gasteiger charge is 1.85. The van der Waals surface area contributed by atoms with Gasteiger partial charge in [-0.1, -0.05) is 18.2 Å². The highest BCUT2D eigenvalue weighted by atomic mass is 16.5. The Labute approximate surface area is 81.6 Å². The number of pyridine rings is 1. The second kappa shape index (κ2) is 3.79. The van der Waals surface area contributed by atoms with E-state index in [1.807, 2.05) is 30.3 Å². The van der Waals surface area contributed by atoms with Gasteiger partial charge >= 0.3 is 0 Å². The van der Waals surface area contributed by atoms with Gasteiger partial charge in [0.2, 0.25) is 0 Å². The van der Waals surface area contributed by atoms with Crippen LogP contribution in [0.25, 0.3) is 0 Å². The van der Waals surface area contributed by atoms with Gasteiger partial charge in [-0.2, -0.15) is 0 Å². The summed E-state index contributed by atoms with van der Waals surface area (Å²) >= 11 is 0. The van der Waals surface area contributed by atoms with E-state index in [0.29, 0.717) is 0 Å². The summed E-state index contributed by atoms with van der Waals surface area (Å²) in [6.45, 7) is 0. The Bertz CT molecular complexity index is 454. The monoisotopic (exact) mass is 186 g/mol. The van der Waals surface area contributed by atoms with E-state index in [1.165, 1.54) is 0 Å². The Morgan fingerprint density at radius 3 is 2.21 bits per heavy atom. The molecule has 0 bridgehead atoms. The van der Waals surface area contributed by atoms with Gasteiger partial charge in [-0.15, -0.1) is 0 Å². The van der Waals surface area contributed by atoms with E-state index in [2.05, 4.69) is 4.99 Å². The summed E-state index contributed by atoms with van der Waals surface area (Å²) in [6.07, 6.45) is 3.09. The first-order chi connectivity index (χ1) is 6.84. The molecule has 0 aliphatic heterocycles. The van der Waals surface area contributed by atoms with Crippen molar-refractivity contribution < 1.29 is 5.21 Å². The van der Waals surface area contributed by atoms with Crippen LogP contribution in [0.1, 0.15) is 0 Å². The zero-order valence-corrected chi connectivity index (χ0v) is 7.54. The van der Waals surface area contributed by atoms with E-state index in [-0.39, 0.29) is 0 Å². The number of aromatic nitrogens is 1. The lowest BCUT2D eigenvalue weighted by Gasteiger charge is -1.94. The van der Waals surface area contributed by atoms with Crippen molar-refractivity contribution in [1.29, 1.82) is 0 Å². The van der Waals surface area contributed by atoms with Crippen molar-refractivity contribution in [1.82, 2.24) is 4.73 Å². The van der Waals surface area contributed by atoms with Crippen LogP contribution in [0.5, 0.6) is 0 Å². The third kappa shape index (κ3) is 2.01. The summed E-state index contributed by atoms with van der Waals surface area (Å²) in [4.78, 5) is 4.36. The first-order valence-electron chi connectivity index (χ1n) is 4.32. The Kier molecular flexibility index (Phi) is 2.32. The molecule has 0 radical (unpaired) electrons. The molecule has 0 aliphatic carbocycles. The molecule has 1 aromatic carbocycles. The maximum absolute atomic E-state index is 9.00. The summed E-state index contributed by atoms with van der Waals surface area (Å²) < 4.78 is 0.990. The minimum atomic E-state index is 0.821. The fraction of sp³-hybridized carbons (Fsp3) is 0. The Balaban J connectivity index is 2.40. The standard InChI is InChI=1S/C11H10N2O/c14-13-8-6-11(7-9-13)12-10-4-2-1-3-5-10/h1-9,14H. The van der Waals surface area contributed by atoms with Crippen LogP contribution >= 0.6 is 0 Å². The largest absolute Gasteiger partial charge is 0.429 e. The maximum Gasteiger partial charge on any atom is 0.0668 e. The van der Waals surface area contributed by atoms with Gasteiger partial charge in [0.25, 0.3) is 0 Å². The second-order valence-electron chi connectivity index (χ2n) is 2.88. The molecule has 1 heterocycles. The fourth-order valence-electron chi connectivity index (χ4n) is 1.14. The molecule has 0 atom stereocenters. The molecular weight excluding hydrogens is 176 g/mol. The zero-order chi connectivity index (χ0) is 9.80. The lowest BCUT2D eigenvalue weighted by Crippen LogP contribution is -2.02. The van der Waals surface area contributed by atoms with Gasteiger partial charge < -0.3 is 5.21 Å². The summed E-state index contributed by atoms with van der Waals surface area (Å²) in [5.41, 5.74) is 0.906. The summed E-state index contributed by atoms with van der Waals surface area (Å²) in [5.74, 6) is 0. The van der Waals surface area contributed by atoms with Gasteiger partial charge in [0.1, 0.15) is 0 Å². The van der Waals surface area contributed by atoms with Crippen LogP contribution in [0.2, 0.25) is 0 Å². The molecule has 14 heavy (non-hydrogen) atoms. The predicted octanol–water partition coefficient (Wildman–Crippen LogP) is 1.96. The van der Waals surface area contributed by atoms with Crippen LogP contribution in [0.3, 0.4) is 0 Å². The van der Waals surface area contributed by atoms with Gasteiger partial charge in [0.05, 0.1) is 11.0 Å². The molecule has 0 amide bonds. The quantitative estimate of drug-likeness (QED) is 0.679. The SMILES string of the molecule is On1ccc(=Nc2ccccc2)cc1. The molecule has 0 aliphatic rings. The normalized spacial score (nSPS) is 9.71. The lowest BCUT2D eigenvalue weighted by atomic mass is 10.3. The minimum Gasteiger partial charge on any atom is -0.429 e. The Hall–Kier alpha value is -2.03. The van der Waals surface area contributed by atoms with E-state index in [4.69, 9.17) is 5.21 Å². The Morgan fingerprint density at radius 1 is 0.929 bits per heavy atom. The third-order valence-corrected chi connectivity index (χ3v) is 1.81. The fourth-order valence-corrected chi connectivity index (χ4v) is 1.14. The van der Waals surface area contributed by atoms with Crippen LogP contribution in [0.15, 0.2) is 59.9 Å². The van der Waals surface area contributed by atoms with Crippen molar-refractivity contribution in [2.45, 2.75) is 0 Å². The van der Waals surface area contributed by atoms with Crippen molar-refractivity contribution >= 4 is 5.69 Å². The average Bonchev–Trinajstić information content (AvgIpc) is 2.23.